The van der Waals surface area contributed by atoms with Crippen LogP contribution in [0.2, 0.25) is 0 Å². The minimum atomic E-state index is 0.231. The largest absolute Gasteiger partial charge is 0.468 e. The topological polar surface area (TPSA) is 36.7 Å². The van der Waals surface area contributed by atoms with Crippen LogP contribution in [0.15, 0.2) is 34.9 Å². The molecule has 0 atom stereocenters. The fourth-order valence-corrected chi connectivity index (χ4v) is 3.82. The summed E-state index contributed by atoms with van der Waals surface area (Å²) >= 11 is 1.79. The SMILES string of the molecule is CCN(C(=O)CN(Cc1ccco1)Cc1ccc(C)s1)C1CC1. The van der Waals surface area contributed by atoms with E-state index in [1.807, 2.05) is 17.0 Å². The zero-order valence-corrected chi connectivity index (χ0v) is 14.6. The van der Waals surface area contributed by atoms with Gasteiger partial charge in [-0.25, -0.2) is 0 Å². The zero-order valence-electron chi connectivity index (χ0n) is 13.8. The first-order valence-corrected chi connectivity index (χ1v) is 9.07. The van der Waals surface area contributed by atoms with Crippen molar-refractivity contribution < 1.29 is 9.21 Å². The lowest BCUT2D eigenvalue weighted by molar-refractivity contribution is -0.133. The summed E-state index contributed by atoms with van der Waals surface area (Å²) in [5.74, 6) is 1.13. The predicted molar refractivity (Wildman–Crippen MR) is 92.3 cm³/mol. The van der Waals surface area contributed by atoms with Crippen molar-refractivity contribution in [1.29, 1.82) is 0 Å². The maximum absolute atomic E-state index is 12.6. The second-order valence-electron chi connectivity index (χ2n) is 6.15. The minimum Gasteiger partial charge on any atom is -0.468 e. The number of carbonyl (C=O) groups excluding carboxylic acids is 1. The number of rotatable bonds is 8. The van der Waals surface area contributed by atoms with Gasteiger partial charge < -0.3 is 9.32 Å². The van der Waals surface area contributed by atoms with Gasteiger partial charge in [-0.1, -0.05) is 0 Å². The van der Waals surface area contributed by atoms with Crippen LogP contribution < -0.4 is 0 Å². The van der Waals surface area contributed by atoms with Gasteiger partial charge in [0.25, 0.3) is 0 Å². The molecule has 0 spiro atoms. The first-order valence-electron chi connectivity index (χ1n) is 8.25. The van der Waals surface area contributed by atoms with E-state index in [1.165, 1.54) is 9.75 Å². The Labute approximate surface area is 141 Å². The summed E-state index contributed by atoms with van der Waals surface area (Å²) in [5, 5.41) is 0. The van der Waals surface area contributed by atoms with Gasteiger partial charge in [0.05, 0.1) is 19.4 Å². The molecule has 2 aromatic rings. The molecule has 23 heavy (non-hydrogen) atoms. The molecule has 1 aliphatic carbocycles. The quantitative estimate of drug-likeness (QED) is 0.740. The highest BCUT2D eigenvalue weighted by molar-refractivity contribution is 7.11. The number of thiophene rings is 1. The molecule has 1 fully saturated rings. The summed E-state index contributed by atoms with van der Waals surface area (Å²) < 4.78 is 5.47. The first-order chi connectivity index (χ1) is 11.2. The molecule has 0 bridgehead atoms. The highest BCUT2D eigenvalue weighted by atomic mass is 32.1. The molecule has 1 saturated carbocycles. The molecule has 124 valence electrons. The summed E-state index contributed by atoms with van der Waals surface area (Å²) in [6, 6.07) is 8.62. The number of aryl methyl sites for hydroxylation is 1. The lowest BCUT2D eigenvalue weighted by Crippen LogP contribution is -2.41. The van der Waals surface area contributed by atoms with E-state index in [2.05, 4.69) is 30.9 Å². The van der Waals surface area contributed by atoms with E-state index in [0.717, 1.165) is 31.7 Å². The summed E-state index contributed by atoms with van der Waals surface area (Å²) in [5.41, 5.74) is 0. The molecule has 0 N–H and O–H groups in total. The Morgan fingerprint density at radius 1 is 1.30 bits per heavy atom. The van der Waals surface area contributed by atoms with Crippen LogP contribution in [-0.2, 0) is 17.9 Å². The maximum atomic E-state index is 12.6. The van der Waals surface area contributed by atoms with E-state index in [-0.39, 0.29) is 5.91 Å². The lowest BCUT2D eigenvalue weighted by atomic mass is 10.3. The number of furan rings is 1. The number of carbonyl (C=O) groups is 1. The number of hydrogen-bond acceptors (Lipinski definition) is 4. The highest BCUT2D eigenvalue weighted by Crippen LogP contribution is 2.27. The van der Waals surface area contributed by atoms with Gasteiger partial charge in [0.15, 0.2) is 0 Å². The molecule has 0 saturated heterocycles. The third-order valence-corrected chi connectivity index (χ3v) is 5.13. The minimum absolute atomic E-state index is 0.231. The fraction of sp³-hybridized carbons (Fsp3) is 0.500. The monoisotopic (exact) mass is 332 g/mol. The molecule has 0 aromatic carbocycles. The Kier molecular flexibility index (Phi) is 5.18. The van der Waals surface area contributed by atoms with Crippen molar-refractivity contribution >= 4 is 17.2 Å². The van der Waals surface area contributed by atoms with Crippen molar-refractivity contribution in [3.05, 3.63) is 46.0 Å². The first kappa shape index (κ1) is 16.3. The Bertz CT molecular complexity index is 631. The maximum Gasteiger partial charge on any atom is 0.237 e. The van der Waals surface area contributed by atoms with Crippen molar-refractivity contribution in [2.24, 2.45) is 0 Å². The van der Waals surface area contributed by atoms with Gasteiger partial charge in [-0.15, -0.1) is 11.3 Å². The Hall–Kier alpha value is -1.59. The molecular formula is C18H24N2O2S. The molecule has 4 nitrogen and oxygen atoms in total. The van der Waals surface area contributed by atoms with Crippen LogP contribution >= 0.6 is 11.3 Å². The van der Waals surface area contributed by atoms with E-state index in [4.69, 9.17) is 4.42 Å². The zero-order chi connectivity index (χ0) is 16.2. The van der Waals surface area contributed by atoms with Crippen LogP contribution in [0.3, 0.4) is 0 Å². The normalized spacial score (nSPS) is 14.4. The van der Waals surface area contributed by atoms with E-state index in [1.54, 1.807) is 17.6 Å². The van der Waals surface area contributed by atoms with Gasteiger partial charge in [-0.3, -0.25) is 9.69 Å². The van der Waals surface area contributed by atoms with Gasteiger partial charge in [0, 0.05) is 28.9 Å². The highest BCUT2D eigenvalue weighted by Gasteiger charge is 2.32. The van der Waals surface area contributed by atoms with E-state index >= 15 is 0 Å². The van der Waals surface area contributed by atoms with Crippen molar-refractivity contribution in [2.75, 3.05) is 13.1 Å². The summed E-state index contributed by atoms with van der Waals surface area (Å²) in [6.07, 6.45) is 4.00. The van der Waals surface area contributed by atoms with Crippen LogP contribution in [0.4, 0.5) is 0 Å². The summed E-state index contributed by atoms with van der Waals surface area (Å²) in [4.78, 5) is 19.4. The predicted octanol–water partition coefficient (Wildman–Crippen LogP) is 3.66. The molecule has 3 rings (SSSR count). The number of amides is 1. The lowest BCUT2D eigenvalue weighted by Gasteiger charge is -2.26. The Balaban J connectivity index is 1.67. The summed E-state index contributed by atoms with van der Waals surface area (Å²) in [7, 11) is 0. The molecular weight excluding hydrogens is 308 g/mol. The van der Waals surface area contributed by atoms with Crippen molar-refractivity contribution in [2.45, 2.75) is 45.8 Å². The molecule has 0 unspecified atom stereocenters. The van der Waals surface area contributed by atoms with E-state index in [9.17, 15) is 4.79 Å². The second-order valence-corrected chi connectivity index (χ2v) is 7.52. The Morgan fingerprint density at radius 3 is 2.70 bits per heavy atom. The molecule has 1 amide bonds. The average molecular weight is 332 g/mol. The average Bonchev–Trinajstić information content (AvgIpc) is 3.04. The molecule has 0 radical (unpaired) electrons. The summed E-state index contributed by atoms with van der Waals surface area (Å²) in [6.45, 7) is 6.88. The second kappa shape index (κ2) is 7.32. The van der Waals surface area contributed by atoms with E-state index in [0.29, 0.717) is 19.1 Å². The van der Waals surface area contributed by atoms with Gasteiger partial charge in [-0.2, -0.15) is 0 Å². The van der Waals surface area contributed by atoms with Crippen LogP contribution in [0.25, 0.3) is 0 Å². The van der Waals surface area contributed by atoms with Crippen molar-refractivity contribution in [3.63, 3.8) is 0 Å². The van der Waals surface area contributed by atoms with Crippen LogP contribution in [0, 0.1) is 6.92 Å². The smallest absolute Gasteiger partial charge is 0.237 e. The van der Waals surface area contributed by atoms with Gasteiger partial charge in [-0.05, 0) is 51.0 Å². The number of likely N-dealkylation sites (N-methyl/N-ethyl adjacent to an activating group) is 1. The Morgan fingerprint density at radius 2 is 2.13 bits per heavy atom. The van der Waals surface area contributed by atoms with Crippen LogP contribution in [0.5, 0.6) is 0 Å². The van der Waals surface area contributed by atoms with E-state index < -0.39 is 0 Å². The molecule has 2 aromatic heterocycles. The van der Waals surface area contributed by atoms with Gasteiger partial charge >= 0.3 is 0 Å². The molecule has 1 aliphatic rings. The number of hydrogen-bond donors (Lipinski definition) is 0. The van der Waals surface area contributed by atoms with Gasteiger partial charge in [0.1, 0.15) is 5.76 Å². The fourth-order valence-electron chi connectivity index (χ4n) is 2.89. The van der Waals surface area contributed by atoms with Crippen LogP contribution in [-0.4, -0.2) is 34.8 Å². The third kappa shape index (κ3) is 4.45. The molecule has 2 heterocycles. The number of nitrogens with zero attached hydrogens (tertiary/aromatic N) is 2. The molecule has 0 aliphatic heterocycles. The van der Waals surface area contributed by atoms with Crippen molar-refractivity contribution in [1.82, 2.24) is 9.80 Å². The standard InChI is InChI=1S/C18H24N2O2S/c1-3-20(15-7-8-15)18(21)13-19(11-16-5-4-10-22-16)12-17-9-6-14(2)23-17/h4-6,9-10,15H,3,7-8,11-13H2,1-2H3. The van der Waals surface area contributed by atoms with Gasteiger partial charge in [0.2, 0.25) is 5.91 Å². The van der Waals surface area contributed by atoms with Crippen LogP contribution in [0.1, 0.15) is 35.3 Å². The third-order valence-electron chi connectivity index (χ3n) is 4.14. The van der Waals surface area contributed by atoms with Crippen molar-refractivity contribution in [3.8, 4) is 0 Å². The molecule has 5 heteroatoms.